The summed E-state index contributed by atoms with van der Waals surface area (Å²) in [5.74, 6) is -0.273. The van der Waals surface area contributed by atoms with E-state index < -0.39 is 5.97 Å². The summed E-state index contributed by atoms with van der Waals surface area (Å²) in [6.45, 7) is 3.52. The molecule has 1 unspecified atom stereocenters. The minimum atomic E-state index is -0.763. The van der Waals surface area contributed by atoms with Crippen molar-refractivity contribution in [3.8, 4) is 5.75 Å². The van der Waals surface area contributed by atoms with E-state index in [1.54, 1.807) is 6.92 Å². The highest BCUT2D eigenvalue weighted by Gasteiger charge is 2.13. The molecule has 0 aliphatic rings. The van der Waals surface area contributed by atoms with Crippen LogP contribution < -0.4 is 4.74 Å². The second kappa shape index (κ2) is 6.91. The van der Waals surface area contributed by atoms with E-state index in [2.05, 4.69) is 0 Å². The van der Waals surface area contributed by atoms with Crippen LogP contribution in [-0.2, 0) is 4.79 Å². The smallest absolute Gasteiger partial charge is 0.307 e. The van der Waals surface area contributed by atoms with Gasteiger partial charge in [-0.2, -0.15) is 0 Å². The number of benzene rings is 1. The average Bonchev–Trinajstić information content (AvgIpc) is 2.30. The number of aliphatic carboxylic acids is 1. The van der Waals surface area contributed by atoms with Gasteiger partial charge in [0.2, 0.25) is 0 Å². The van der Waals surface area contributed by atoms with E-state index in [1.807, 2.05) is 42.3 Å². The minimum Gasteiger partial charge on any atom is -0.492 e. The van der Waals surface area contributed by atoms with Crippen LogP contribution in [-0.4, -0.2) is 42.7 Å². The topological polar surface area (TPSA) is 49.8 Å². The molecule has 0 saturated carbocycles. The molecule has 1 aromatic carbocycles. The van der Waals surface area contributed by atoms with Crippen molar-refractivity contribution in [2.75, 3.05) is 26.7 Å². The van der Waals surface area contributed by atoms with Gasteiger partial charge in [-0.15, -0.1) is 0 Å². The van der Waals surface area contributed by atoms with Crippen molar-refractivity contribution in [1.29, 1.82) is 0 Å². The fourth-order valence-corrected chi connectivity index (χ4v) is 1.47. The van der Waals surface area contributed by atoms with E-state index >= 15 is 0 Å². The van der Waals surface area contributed by atoms with Crippen LogP contribution in [0.25, 0.3) is 0 Å². The third-order valence-corrected chi connectivity index (χ3v) is 2.49. The van der Waals surface area contributed by atoms with Crippen LogP contribution in [0.2, 0.25) is 0 Å². The SMILES string of the molecule is CC(CN(C)CCOc1ccccc1)C(=O)O. The van der Waals surface area contributed by atoms with Crippen molar-refractivity contribution >= 4 is 5.97 Å². The Bertz CT molecular complexity index is 340. The predicted molar refractivity (Wildman–Crippen MR) is 66.2 cm³/mol. The standard InChI is InChI=1S/C13H19NO3/c1-11(13(15)16)10-14(2)8-9-17-12-6-4-3-5-7-12/h3-7,11H,8-10H2,1-2H3,(H,15,16). The Labute approximate surface area is 102 Å². The van der Waals surface area contributed by atoms with Gasteiger partial charge >= 0.3 is 5.97 Å². The first-order valence-corrected chi connectivity index (χ1v) is 5.69. The Balaban J connectivity index is 2.20. The molecule has 0 aliphatic heterocycles. The third kappa shape index (κ3) is 5.36. The molecule has 1 atom stereocenters. The predicted octanol–water partition coefficient (Wildman–Crippen LogP) is 1.72. The molecule has 0 amide bonds. The van der Waals surface area contributed by atoms with Crippen molar-refractivity contribution in [3.63, 3.8) is 0 Å². The van der Waals surface area contributed by atoms with Crippen LogP contribution in [0, 0.1) is 5.92 Å². The molecule has 1 aromatic rings. The number of ether oxygens (including phenoxy) is 1. The van der Waals surface area contributed by atoms with Crippen LogP contribution in [0.4, 0.5) is 0 Å². The lowest BCUT2D eigenvalue weighted by Gasteiger charge is -2.19. The molecule has 0 spiro atoms. The van der Waals surface area contributed by atoms with Gasteiger partial charge in [0.15, 0.2) is 0 Å². The lowest BCUT2D eigenvalue weighted by Crippen LogP contribution is -2.31. The van der Waals surface area contributed by atoms with Crippen LogP contribution in [0.15, 0.2) is 30.3 Å². The van der Waals surface area contributed by atoms with Gasteiger partial charge in [0.05, 0.1) is 5.92 Å². The summed E-state index contributed by atoms with van der Waals surface area (Å²) >= 11 is 0. The van der Waals surface area contributed by atoms with Crippen molar-refractivity contribution in [3.05, 3.63) is 30.3 Å². The zero-order valence-electron chi connectivity index (χ0n) is 10.3. The maximum atomic E-state index is 10.7. The molecule has 0 aromatic heterocycles. The summed E-state index contributed by atoms with van der Waals surface area (Å²) in [5, 5.41) is 8.78. The number of carbonyl (C=O) groups is 1. The van der Waals surface area contributed by atoms with E-state index in [4.69, 9.17) is 9.84 Å². The number of hydrogen-bond donors (Lipinski definition) is 1. The normalized spacial score (nSPS) is 12.4. The van der Waals surface area contributed by atoms with E-state index in [1.165, 1.54) is 0 Å². The van der Waals surface area contributed by atoms with E-state index in [0.29, 0.717) is 19.7 Å². The van der Waals surface area contributed by atoms with Crippen molar-refractivity contribution in [2.24, 2.45) is 5.92 Å². The van der Waals surface area contributed by atoms with Crippen molar-refractivity contribution < 1.29 is 14.6 Å². The van der Waals surface area contributed by atoms with Gasteiger partial charge in [-0.3, -0.25) is 4.79 Å². The summed E-state index contributed by atoms with van der Waals surface area (Å²) in [6.07, 6.45) is 0. The second-order valence-electron chi connectivity index (χ2n) is 4.16. The van der Waals surface area contributed by atoms with E-state index in [9.17, 15) is 4.79 Å². The number of nitrogens with zero attached hydrogens (tertiary/aromatic N) is 1. The van der Waals surface area contributed by atoms with Crippen LogP contribution in [0.3, 0.4) is 0 Å². The zero-order valence-corrected chi connectivity index (χ0v) is 10.3. The molecule has 0 heterocycles. The highest BCUT2D eigenvalue weighted by molar-refractivity contribution is 5.69. The Morgan fingerprint density at radius 2 is 2.06 bits per heavy atom. The lowest BCUT2D eigenvalue weighted by molar-refractivity contribution is -0.141. The first-order valence-electron chi connectivity index (χ1n) is 5.69. The van der Waals surface area contributed by atoms with Gasteiger partial charge in [0, 0.05) is 13.1 Å². The zero-order chi connectivity index (χ0) is 12.7. The summed E-state index contributed by atoms with van der Waals surface area (Å²) < 4.78 is 5.53. The summed E-state index contributed by atoms with van der Waals surface area (Å²) in [5.41, 5.74) is 0. The van der Waals surface area contributed by atoms with Gasteiger partial charge in [-0.25, -0.2) is 0 Å². The van der Waals surface area contributed by atoms with E-state index in [0.717, 1.165) is 5.75 Å². The maximum Gasteiger partial charge on any atom is 0.307 e. The van der Waals surface area contributed by atoms with Crippen LogP contribution in [0.1, 0.15) is 6.92 Å². The summed E-state index contributed by atoms with van der Waals surface area (Å²) in [4.78, 5) is 12.6. The maximum absolute atomic E-state index is 10.7. The molecule has 0 fully saturated rings. The van der Waals surface area contributed by atoms with Crippen molar-refractivity contribution in [2.45, 2.75) is 6.92 Å². The number of rotatable bonds is 7. The number of para-hydroxylation sites is 1. The molecule has 0 aliphatic carbocycles. The summed E-state index contributed by atoms with van der Waals surface area (Å²) in [6, 6.07) is 9.59. The molecular weight excluding hydrogens is 218 g/mol. The molecule has 0 bridgehead atoms. The van der Waals surface area contributed by atoms with E-state index in [-0.39, 0.29) is 5.92 Å². The highest BCUT2D eigenvalue weighted by atomic mass is 16.5. The number of carboxylic acid groups (broad SMARTS) is 1. The Morgan fingerprint density at radius 1 is 1.41 bits per heavy atom. The highest BCUT2D eigenvalue weighted by Crippen LogP contribution is 2.08. The van der Waals surface area contributed by atoms with Gasteiger partial charge in [0.25, 0.3) is 0 Å². The van der Waals surface area contributed by atoms with Gasteiger partial charge in [-0.1, -0.05) is 25.1 Å². The third-order valence-electron chi connectivity index (χ3n) is 2.49. The van der Waals surface area contributed by atoms with Gasteiger partial charge < -0.3 is 14.7 Å². The Morgan fingerprint density at radius 3 is 2.65 bits per heavy atom. The van der Waals surface area contributed by atoms with Gasteiger partial charge in [-0.05, 0) is 19.2 Å². The summed E-state index contributed by atoms with van der Waals surface area (Å²) in [7, 11) is 1.90. The molecule has 17 heavy (non-hydrogen) atoms. The quantitative estimate of drug-likeness (QED) is 0.784. The molecule has 1 rings (SSSR count). The average molecular weight is 237 g/mol. The molecule has 94 valence electrons. The Hall–Kier alpha value is -1.55. The van der Waals surface area contributed by atoms with Crippen LogP contribution in [0.5, 0.6) is 5.75 Å². The first kappa shape index (κ1) is 13.5. The first-order chi connectivity index (χ1) is 8.09. The van der Waals surface area contributed by atoms with Gasteiger partial charge in [0.1, 0.15) is 12.4 Å². The lowest BCUT2D eigenvalue weighted by atomic mass is 10.2. The number of hydrogen-bond acceptors (Lipinski definition) is 3. The molecule has 4 heteroatoms. The number of likely N-dealkylation sites (N-methyl/N-ethyl adjacent to an activating group) is 1. The Kier molecular flexibility index (Phi) is 5.49. The monoisotopic (exact) mass is 237 g/mol. The second-order valence-corrected chi connectivity index (χ2v) is 4.16. The molecule has 1 N–H and O–H groups in total. The van der Waals surface area contributed by atoms with Crippen molar-refractivity contribution in [1.82, 2.24) is 4.90 Å². The molecule has 0 saturated heterocycles. The molecule has 4 nitrogen and oxygen atoms in total. The molecule has 0 radical (unpaired) electrons. The molecular formula is C13H19NO3. The minimum absolute atomic E-state index is 0.350. The van der Waals surface area contributed by atoms with Crippen LogP contribution >= 0.6 is 0 Å². The largest absolute Gasteiger partial charge is 0.492 e. The number of carboxylic acids is 1. The fraction of sp³-hybridized carbons (Fsp3) is 0.462. The fourth-order valence-electron chi connectivity index (χ4n) is 1.47.